The van der Waals surface area contributed by atoms with Crippen molar-refractivity contribution < 1.29 is 14.7 Å². The van der Waals surface area contributed by atoms with Gasteiger partial charge in [0.15, 0.2) is 0 Å². The van der Waals surface area contributed by atoms with Gasteiger partial charge in [-0.2, -0.15) is 10.1 Å². The summed E-state index contributed by atoms with van der Waals surface area (Å²) in [5.41, 5.74) is 0.670. The highest BCUT2D eigenvalue weighted by Crippen LogP contribution is 2.49. The molecule has 0 radical (unpaired) electrons. The van der Waals surface area contributed by atoms with Crippen molar-refractivity contribution in [3.05, 3.63) is 38.8 Å². The summed E-state index contributed by atoms with van der Waals surface area (Å²) in [7, 11) is 0. The molecule has 4 atom stereocenters. The number of nitrogens with zero attached hydrogens (tertiary/aromatic N) is 2. The number of carbonyl (C=O) groups excluding carboxylic acids is 2. The fourth-order valence-electron chi connectivity index (χ4n) is 3.96. The van der Waals surface area contributed by atoms with E-state index in [1.54, 1.807) is 12.1 Å². The fourth-order valence-corrected chi connectivity index (χ4v) is 5.18. The molecule has 4 aliphatic rings. The first-order valence-electron chi connectivity index (χ1n) is 7.75. The molecule has 124 valence electrons. The van der Waals surface area contributed by atoms with Gasteiger partial charge in [-0.1, -0.05) is 12.2 Å². The summed E-state index contributed by atoms with van der Waals surface area (Å²) in [5, 5.41) is 14.9. The number of halogens is 2. The highest BCUT2D eigenvalue weighted by molar-refractivity contribution is 9.11. The topological polar surface area (TPSA) is 70.0 Å². The van der Waals surface area contributed by atoms with Crippen molar-refractivity contribution >= 4 is 49.9 Å². The average molecular weight is 454 g/mol. The van der Waals surface area contributed by atoms with E-state index in [0.717, 1.165) is 17.9 Å². The van der Waals surface area contributed by atoms with Crippen LogP contribution in [-0.4, -0.2) is 28.1 Å². The van der Waals surface area contributed by atoms with Crippen LogP contribution in [0.4, 0.5) is 0 Å². The van der Waals surface area contributed by atoms with E-state index in [1.807, 2.05) is 0 Å². The van der Waals surface area contributed by atoms with Crippen LogP contribution in [0, 0.1) is 23.7 Å². The van der Waals surface area contributed by atoms with Crippen LogP contribution in [0.1, 0.15) is 18.4 Å². The molecule has 1 aliphatic heterocycles. The number of hydrazone groups is 1. The Labute approximate surface area is 155 Å². The molecular formula is C17H14Br2N2O3. The summed E-state index contributed by atoms with van der Waals surface area (Å²) in [6.07, 6.45) is 7.58. The minimum absolute atomic E-state index is 0.0918. The first-order chi connectivity index (χ1) is 11.5. The molecule has 2 amide bonds. The third kappa shape index (κ3) is 2.37. The molecule has 1 aromatic rings. The Balaban J connectivity index is 1.62. The highest BCUT2D eigenvalue weighted by Gasteiger charge is 2.56. The van der Waals surface area contributed by atoms with Gasteiger partial charge in [-0.15, -0.1) is 0 Å². The molecule has 5 rings (SSSR count). The van der Waals surface area contributed by atoms with Gasteiger partial charge < -0.3 is 5.11 Å². The number of hydrogen-bond acceptors (Lipinski definition) is 4. The average Bonchev–Trinajstić information content (AvgIpc) is 2.85. The lowest BCUT2D eigenvalue weighted by Gasteiger charge is -2.37. The van der Waals surface area contributed by atoms with E-state index in [1.165, 1.54) is 6.21 Å². The maximum absolute atomic E-state index is 12.6. The van der Waals surface area contributed by atoms with Crippen LogP contribution < -0.4 is 0 Å². The number of phenols is 1. The minimum atomic E-state index is -0.253. The van der Waals surface area contributed by atoms with Crippen molar-refractivity contribution in [1.29, 1.82) is 0 Å². The molecule has 3 aliphatic carbocycles. The van der Waals surface area contributed by atoms with Crippen LogP contribution >= 0.6 is 31.9 Å². The predicted octanol–water partition coefficient (Wildman–Crippen LogP) is 3.45. The van der Waals surface area contributed by atoms with E-state index in [2.05, 4.69) is 49.1 Å². The van der Waals surface area contributed by atoms with Gasteiger partial charge in [-0.05, 0) is 74.2 Å². The van der Waals surface area contributed by atoms with Gasteiger partial charge in [0.1, 0.15) is 5.75 Å². The van der Waals surface area contributed by atoms with Crippen LogP contribution in [-0.2, 0) is 9.59 Å². The van der Waals surface area contributed by atoms with Gasteiger partial charge in [-0.25, -0.2) is 0 Å². The van der Waals surface area contributed by atoms with Gasteiger partial charge in [0.2, 0.25) is 0 Å². The Morgan fingerprint density at radius 1 is 1.04 bits per heavy atom. The molecule has 0 aromatic heterocycles. The van der Waals surface area contributed by atoms with Crippen molar-refractivity contribution in [2.24, 2.45) is 28.8 Å². The highest BCUT2D eigenvalue weighted by atomic mass is 79.9. The maximum Gasteiger partial charge on any atom is 0.254 e. The molecule has 0 spiro atoms. The standard InChI is InChI=1S/C17H14Br2N2O3/c18-11-5-8(6-12(19)15(11)22)7-20-21-16(23)13-9-1-2-10(4-3-9)14(13)17(21)24/h1-2,5-7,9-10,13-14,22H,3-4H2/b20-7-/t9-,10-,13+,14+/m0/s1. The number of hydrogen-bond donors (Lipinski definition) is 1. The van der Waals surface area contributed by atoms with Crippen molar-refractivity contribution in [3.63, 3.8) is 0 Å². The second-order valence-corrected chi connectivity index (χ2v) is 8.12. The van der Waals surface area contributed by atoms with Crippen LogP contribution in [0.5, 0.6) is 5.75 Å². The smallest absolute Gasteiger partial charge is 0.254 e. The van der Waals surface area contributed by atoms with Gasteiger partial charge in [0, 0.05) is 0 Å². The zero-order chi connectivity index (χ0) is 17.0. The van der Waals surface area contributed by atoms with Crippen molar-refractivity contribution in [3.8, 4) is 5.75 Å². The lowest BCUT2D eigenvalue weighted by atomic mass is 9.63. The van der Waals surface area contributed by atoms with Crippen molar-refractivity contribution in [1.82, 2.24) is 5.01 Å². The Kier molecular flexibility index (Phi) is 3.88. The number of phenolic OH excluding ortho intramolecular Hbond substituents is 1. The molecule has 5 nitrogen and oxygen atoms in total. The summed E-state index contributed by atoms with van der Waals surface area (Å²) in [6.45, 7) is 0. The van der Waals surface area contributed by atoms with E-state index in [0.29, 0.717) is 14.5 Å². The molecular weight excluding hydrogens is 440 g/mol. The summed E-state index contributed by atoms with van der Waals surface area (Å²) in [4.78, 5) is 25.3. The van der Waals surface area contributed by atoms with Gasteiger partial charge >= 0.3 is 0 Å². The van der Waals surface area contributed by atoms with Crippen molar-refractivity contribution in [2.75, 3.05) is 0 Å². The maximum atomic E-state index is 12.6. The number of imide groups is 1. The monoisotopic (exact) mass is 452 g/mol. The molecule has 2 fully saturated rings. The van der Waals surface area contributed by atoms with Crippen LogP contribution in [0.15, 0.2) is 38.3 Å². The third-order valence-corrected chi connectivity index (χ3v) is 6.31. The molecule has 2 bridgehead atoms. The van der Waals surface area contributed by atoms with Gasteiger partial charge in [0.25, 0.3) is 11.8 Å². The molecule has 1 saturated carbocycles. The number of fused-ring (bicyclic) bond motifs is 1. The number of rotatable bonds is 2. The van der Waals surface area contributed by atoms with Crippen LogP contribution in [0.2, 0.25) is 0 Å². The zero-order valence-electron chi connectivity index (χ0n) is 12.5. The van der Waals surface area contributed by atoms with Gasteiger partial charge in [0.05, 0.1) is 27.0 Å². The number of carbonyl (C=O) groups is 2. The number of amides is 2. The second kappa shape index (κ2) is 5.81. The number of allylic oxidation sites excluding steroid dienone is 2. The summed E-state index contributed by atoms with van der Waals surface area (Å²) < 4.78 is 1.02. The van der Waals surface area contributed by atoms with Crippen molar-refractivity contribution in [2.45, 2.75) is 12.8 Å². The molecule has 1 heterocycles. The van der Waals surface area contributed by atoms with E-state index < -0.39 is 0 Å². The van der Waals surface area contributed by atoms with Crippen LogP contribution in [0.25, 0.3) is 0 Å². The van der Waals surface area contributed by atoms with E-state index in [-0.39, 0.29) is 41.2 Å². The molecule has 24 heavy (non-hydrogen) atoms. The third-order valence-electron chi connectivity index (χ3n) is 5.10. The Bertz CT molecular complexity index is 750. The fraction of sp³-hybridized carbons (Fsp3) is 0.353. The normalized spacial score (nSPS) is 31.3. The van der Waals surface area contributed by atoms with E-state index in [9.17, 15) is 14.7 Å². The molecule has 1 N–H and O–H groups in total. The van der Waals surface area contributed by atoms with Crippen LogP contribution in [0.3, 0.4) is 0 Å². The first kappa shape index (κ1) is 16.0. The first-order valence-corrected chi connectivity index (χ1v) is 9.34. The largest absolute Gasteiger partial charge is 0.506 e. The summed E-state index contributed by atoms with van der Waals surface area (Å²) in [6, 6.07) is 3.35. The molecule has 0 unspecified atom stereocenters. The molecule has 1 saturated heterocycles. The number of aromatic hydroxyl groups is 1. The Morgan fingerprint density at radius 2 is 1.54 bits per heavy atom. The lowest BCUT2D eigenvalue weighted by molar-refractivity contribution is -0.140. The van der Waals surface area contributed by atoms with Gasteiger partial charge in [-0.3, -0.25) is 9.59 Å². The summed E-state index contributed by atoms with van der Waals surface area (Å²) in [5.74, 6) is -0.487. The Morgan fingerprint density at radius 3 is 2.00 bits per heavy atom. The minimum Gasteiger partial charge on any atom is -0.506 e. The second-order valence-electron chi connectivity index (χ2n) is 6.41. The summed E-state index contributed by atoms with van der Waals surface area (Å²) >= 11 is 6.50. The van der Waals surface area contributed by atoms with E-state index >= 15 is 0 Å². The number of benzene rings is 1. The SMILES string of the molecule is O=C1[C@H]2[C@H](C(=O)N1/N=C\c1cc(Br)c(O)c(Br)c1)[C@H]1C=C[C@H]2CC1. The van der Waals surface area contributed by atoms with E-state index in [4.69, 9.17) is 0 Å². The quantitative estimate of drug-likeness (QED) is 0.423. The molecule has 1 aromatic carbocycles. The molecule has 7 heteroatoms. The Hall–Kier alpha value is -1.47. The lowest BCUT2D eigenvalue weighted by Crippen LogP contribution is -2.38. The predicted molar refractivity (Wildman–Crippen MR) is 95.3 cm³/mol. The zero-order valence-corrected chi connectivity index (χ0v) is 15.7.